The minimum absolute atomic E-state index is 0.0626. The van der Waals surface area contributed by atoms with Gasteiger partial charge in [-0.05, 0) is 48.5 Å². The van der Waals surface area contributed by atoms with Crippen molar-refractivity contribution in [3.63, 3.8) is 0 Å². The Kier molecular flexibility index (Phi) is 6.04. The molecule has 0 aliphatic carbocycles. The number of anilines is 4. The van der Waals surface area contributed by atoms with E-state index in [0.29, 0.717) is 24.0 Å². The lowest BCUT2D eigenvalue weighted by atomic mass is 10.1. The van der Waals surface area contributed by atoms with Gasteiger partial charge in [-0.2, -0.15) is 0 Å². The molecule has 166 valence electrons. The third-order valence-electron chi connectivity index (χ3n) is 5.64. The summed E-state index contributed by atoms with van der Waals surface area (Å²) in [5.74, 6) is 1.21. The van der Waals surface area contributed by atoms with Gasteiger partial charge in [0.05, 0.1) is 37.8 Å². The number of hydrogen-bond acceptors (Lipinski definition) is 8. The highest BCUT2D eigenvalue weighted by Crippen LogP contribution is 2.30. The van der Waals surface area contributed by atoms with Gasteiger partial charge in [-0.25, -0.2) is 9.97 Å². The molecule has 0 bridgehead atoms. The lowest BCUT2D eigenvalue weighted by Gasteiger charge is -2.28. The standard InChI is InChI=1S/C24H27N5O3/c25-21-15-17(1-6-23(21)32-20-8-12-31-16-20)22-7-9-26-24(28-22)27-18-2-4-19(5-3-18)29-10-13-30-14-11-29/h1-7,9,15,20H,8,10-14,16,25H2,(H,26,27,28). The molecule has 0 spiro atoms. The summed E-state index contributed by atoms with van der Waals surface area (Å²) >= 11 is 0. The number of nitrogen functional groups attached to an aromatic ring is 1. The van der Waals surface area contributed by atoms with E-state index >= 15 is 0 Å². The monoisotopic (exact) mass is 433 g/mol. The van der Waals surface area contributed by atoms with E-state index < -0.39 is 0 Å². The zero-order valence-electron chi connectivity index (χ0n) is 17.9. The third-order valence-corrected chi connectivity index (χ3v) is 5.64. The van der Waals surface area contributed by atoms with Crippen LogP contribution in [-0.2, 0) is 9.47 Å². The first kappa shape index (κ1) is 20.5. The summed E-state index contributed by atoms with van der Waals surface area (Å²) in [6.07, 6.45) is 2.69. The van der Waals surface area contributed by atoms with Crippen LogP contribution >= 0.6 is 0 Å². The molecule has 2 aromatic carbocycles. The van der Waals surface area contributed by atoms with Crippen LogP contribution in [0.2, 0.25) is 0 Å². The topological polar surface area (TPSA) is 94.8 Å². The fraction of sp³-hybridized carbons (Fsp3) is 0.333. The molecular formula is C24H27N5O3. The van der Waals surface area contributed by atoms with Gasteiger partial charge in [-0.1, -0.05) is 0 Å². The van der Waals surface area contributed by atoms with Crippen LogP contribution in [0.1, 0.15) is 6.42 Å². The molecule has 8 nitrogen and oxygen atoms in total. The van der Waals surface area contributed by atoms with Gasteiger partial charge >= 0.3 is 0 Å². The number of aromatic nitrogens is 2. The quantitative estimate of drug-likeness (QED) is 0.571. The SMILES string of the molecule is Nc1cc(-c2ccnc(Nc3ccc(N4CCOCC4)cc3)n2)ccc1OC1CCOC1. The Morgan fingerprint density at radius 1 is 1.00 bits per heavy atom. The van der Waals surface area contributed by atoms with Crippen LogP contribution in [-0.4, -0.2) is 55.6 Å². The Morgan fingerprint density at radius 2 is 1.84 bits per heavy atom. The zero-order valence-corrected chi connectivity index (χ0v) is 17.9. The molecule has 0 amide bonds. The molecule has 2 aliphatic rings. The Labute approximate surface area is 187 Å². The Bertz CT molecular complexity index is 1050. The maximum Gasteiger partial charge on any atom is 0.227 e. The van der Waals surface area contributed by atoms with E-state index in [-0.39, 0.29) is 6.10 Å². The molecule has 32 heavy (non-hydrogen) atoms. The molecule has 3 N–H and O–H groups in total. The minimum Gasteiger partial charge on any atom is -0.486 e. The van der Waals surface area contributed by atoms with Crippen LogP contribution in [0, 0.1) is 0 Å². The smallest absolute Gasteiger partial charge is 0.227 e. The highest BCUT2D eigenvalue weighted by molar-refractivity contribution is 5.69. The maximum atomic E-state index is 6.24. The molecule has 1 aromatic heterocycles. The van der Waals surface area contributed by atoms with E-state index in [1.165, 1.54) is 5.69 Å². The molecule has 3 aromatic rings. The van der Waals surface area contributed by atoms with Crippen molar-refractivity contribution in [2.45, 2.75) is 12.5 Å². The zero-order chi connectivity index (χ0) is 21.8. The van der Waals surface area contributed by atoms with Crippen molar-refractivity contribution in [1.82, 2.24) is 9.97 Å². The first-order valence-corrected chi connectivity index (χ1v) is 10.9. The number of morpholine rings is 1. The van der Waals surface area contributed by atoms with Gasteiger partial charge in [0.1, 0.15) is 11.9 Å². The summed E-state index contributed by atoms with van der Waals surface area (Å²) in [6, 6.07) is 15.9. The second-order valence-electron chi connectivity index (χ2n) is 7.89. The van der Waals surface area contributed by atoms with Crippen LogP contribution in [0.25, 0.3) is 11.3 Å². The van der Waals surface area contributed by atoms with Crippen molar-refractivity contribution in [3.8, 4) is 17.0 Å². The number of benzene rings is 2. The van der Waals surface area contributed by atoms with Crippen LogP contribution in [0.3, 0.4) is 0 Å². The summed E-state index contributed by atoms with van der Waals surface area (Å²) in [5.41, 5.74) is 10.6. The first-order valence-electron chi connectivity index (χ1n) is 10.9. The van der Waals surface area contributed by atoms with Gasteiger partial charge in [-0.3, -0.25) is 0 Å². The van der Waals surface area contributed by atoms with E-state index in [1.807, 2.05) is 36.4 Å². The first-order chi connectivity index (χ1) is 15.7. The van der Waals surface area contributed by atoms with E-state index in [1.54, 1.807) is 6.20 Å². The highest BCUT2D eigenvalue weighted by Gasteiger charge is 2.18. The lowest BCUT2D eigenvalue weighted by Crippen LogP contribution is -2.36. The predicted molar refractivity (Wildman–Crippen MR) is 124 cm³/mol. The minimum atomic E-state index is 0.0626. The van der Waals surface area contributed by atoms with Crippen molar-refractivity contribution < 1.29 is 14.2 Å². The van der Waals surface area contributed by atoms with Gasteiger partial charge in [0.2, 0.25) is 5.95 Å². The average molecular weight is 434 g/mol. The summed E-state index contributed by atoms with van der Waals surface area (Å²) in [7, 11) is 0. The maximum absolute atomic E-state index is 6.24. The molecule has 0 radical (unpaired) electrons. The van der Waals surface area contributed by atoms with Crippen molar-refractivity contribution in [2.75, 3.05) is 55.5 Å². The van der Waals surface area contributed by atoms with E-state index in [4.69, 9.17) is 19.9 Å². The van der Waals surface area contributed by atoms with Crippen LogP contribution in [0.5, 0.6) is 5.75 Å². The molecular weight excluding hydrogens is 406 g/mol. The number of rotatable bonds is 6. The molecule has 5 rings (SSSR count). The highest BCUT2D eigenvalue weighted by atomic mass is 16.5. The van der Waals surface area contributed by atoms with Crippen molar-refractivity contribution >= 4 is 23.0 Å². The summed E-state index contributed by atoms with van der Waals surface area (Å²) in [5, 5.41) is 3.28. The molecule has 2 saturated heterocycles. The molecule has 0 saturated carbocycles. The normalized spacial score (nSPS) is 18.5. The molecule has 1 atom stereocenters. The summed E-state index contributed by atoms with van der Waals surface area (Å²) < 4.78 is 16.7. The van der Waals surface area contributed by atoms with E-state index in [0.717, 1.165) is 56.3 Å². The molecule has 1 unspecified atom stereocenters. The second kappa shape index (κ2) is 9.42. The largest absolute Gasteiger partial charge is 0.486 e. The average Bonchev–Trinajstić information content (AvgIpc) is 3.35. The van der Waals surface area contributed by atoms with E-state index in [2.05, 4.69) is 32.3 Å². The number of nitrogens with two attached hydrogens (primary N) is 1. The van der Waals surface area contributed by atoms with Gasteiger partial charge in [-0.15, -0.1) is 0 Å². The van der Waals surface area contributed by atoms with E-state index in [9.17, 15) is 0 Å². The fourth-order valence-corrected chi connectivity index (χ4v) is 3.89. The fourth-order valence-electron chi connectivity index (χ4n) is 3.89. The second-order valence-corrected chi connectivity index (χ2v) is 7.89. The van der Waals surface area contributed by atoms with Crippen molar-refractivity contribution in [3.05, 3.63) is 54.7 Å². The van der Waals surface area contributed by atoms with Crippen LogP contribution in [0.15, 0.2) is 54.7 Å². The number of nitrogens with one attached hydrogen (secondary N) is 1. The Balaban J connectivity index is 1.27. The number of hydrogen-bond donors (Lipinski definition) is 2. The van der Waals surface area contributed by atoms with Gasteiger partial charge in [0.15, 0.2) is 0 Å². The lowest BCUT2D eigenvalue weighted by molar-refractivity contribution is 0.122. The predicted octanol–water partition coefficient (Wildman–Crippen LogP) is 3.47. The molecule has 3 heterocycles. The molecule has 2 fully saturated rings. The summed E-state index contributed by atoms with van der Waals surface area (Å²) in [4.78, 5) is 11.3. The van der Waals surface area contributed by atoms with Gasteiger partial charge in [0.25, 0.3) is 0 Å². The number of nitrogens with zero attached hydrogens (tertiary/aromatic N) is 3. The molecule has 8 heteroatoms. The van der Waals surface area contributed by atoms with Gasteiger partial charge in [0, 0.05) is 42.6 Å². The van der Waals surface area contributed by atoms with Crippen LogP contribution in [0.4, 0.5) is 23.0 Å². The third kappa shape index (κ3) is 4.76. The summed E-state index contributed by atoms with van der Waals surface area (Å²) in [6.45, 7) is 4.71. The molecule has 2 aliphatic heterocycles. The van der Waals surface area contributed by atoms with Gasteiger partial charge < -0.3 is 30.2 Å². The number of ether oxygens (including phenoxy) is 3. The Morgan fingerprint density at radius 3 is 2.59 bits per heavy atom. The van der Waals surface area contributed by atoms with Crippen molar-refractivity contribution in [1.29, 1.82) is 0 Å². The van der Waals surface area contributed by atoms with Crippen molar-refractivity contribution in [2.24, 2.45) is 0 Å². The van der Waals surface area contributed by atoms with Crippen LogP contribution < -0.4 is 20.7 Å². The Hall–Kier alpha value is -3.36.